The van der Waals surface area contributed by atoms with Crippen molar-refractivity contribution in [2.75, 3.05) is 18.5 Å². The molecule has 6 heteroatoms. The molecule has 0 saturated heterocycles. The lowest BCUT2D eigenvalue weighted by molar-refractivity contribution is -0.611. The number of nitrogens with one attached hydrogen (secondary N) is 1. The summed E-state index contributed by atoms with van der Waals surface area (Å²) in [4.78, 5) is 14.3. The van der Waals surface area contributed by atoms with Crippen molar-refractivity contribution >= 4 is 32.4 Å². The van der Waals surface area contributed by atoms with Gasteiger partial charge < -0.3 is 4.90 Å². The van der Waals surface area contributed by atoms with E-state index >= 15 is 0 Å². The molecule has 2 aromatic carbocycles. The predicted molar refractivity (Wildman–Crippen MR) is 98.7 cm³/mol. The molecule has 27 heavy (non-hydrogen) atoms. The molecule has 9 rings (SSSR count). The summed E-state index contributed by atoms with van der Waals surface area (Å²) in [6, 6.07) is 8.77. The van der Waals surface area contributed by atoms with Crippen LogP contribution in [-0.4, -0.2) is 27.9 Å². The van der Waals surface area contributed by atoms with Crippen LogP contribution < -0.4 is 9.62 Å². The second-order valence-electron chi connectivity index (χ2n) is 9.50. The van der Waals surface area contributed by atoms with Gasteiger partial charge in [0.15, 0.2) is 0 Å². The highest BCUT2D eigenvalue weighted by Gasteiger charge is 3.03. The largest absolute Gasteiger partial charge is 0.311 e. The Hall–Kier alpha value is -1.92. The number of hydrogen-bond acceptors (Lipinski definition) is 3. The molecular formula is C21H18N2O3S. The third kappa shape index (κ3) is 1.08. The van der Waals surface area contributed by atoms with Crippen LogP contribution in [0.3, 0.4) is 0 Å². The normalized spacial score (nSPS) is 45.6. The first-order valence-corrected chi connectivity index (χ1v) is 11.3. The number of carbonyl (C=O) groups is 1. The Morgan fingerprint density at radius 1 is 1.04 bits per heavy atom. The summed E-state index contributed by atoms with van der Waals surface area (Å²) in [7, 11) is -1.87. The van der Waals surface area contributed by atoms with E-state index in [4.69, 9.17) is 0 Å². The summed E-state index contributed by atoms with van der Waals surface area (Å²) in [6.45, 7) is 0.604. The molecule has 5 nitrogen and oxygen atoms in total. The molecule has 0 unspecified atom stereocenters. The van der Waals surface area contributed by atoms with Crippen LogP contribution in [0.2, 0.25) is 0 Å². The predicted octanol–water partition coefficient (Wildman–Crippen LogP) is 2.08. The maximum Gasteiger partial charge on any atom is 0.258 e. The first-order chi connectivity index (χ1) is 13.0. The van der Waals surface area contributed by atoms with Gasteiger partial charge in [-0.15, -0.1) is 0 Å². The zero-order chi connectivity index (χ0) is 18.0. The lowest BCUT2D eigenvalue weighted by Gasteiger charge is -3.08. The summed E-state index contributed by atoms with van der Waals surface area (Å²) in [5.41, 5.74) is 1.68. The SMILES string of the molecule is CN1C(=O)c2cccc3c(S(=O)(=O)NCC45C6C7C8C6C4C8C75)ccc1c23. The van der Waals surface area contributed by atoms with E-state index in [0.29, 0.717) is 27.8 Å². The van der Waals surface area contributed by atoms with Crippen LogP contribution in [0.4, 0.5) is 5.69 Å². The topological polar surface area (TPSA) is 66.5 Å². The Kier molecular flexibility index (Phi) is 1.92. The van der Waals surface area contributed by atoms with Crippen molar-refractivity contribution < 1.29 is 13.2 Å². The lowest BCUT2D eigenvalue weighted by atomic mass is 8.96. The highest BCUT2D eigenvalue weighted by molar-refractivity contribution is 7.89. The lowest BCUT2D eigenvalue weighted by Crippen LogP contribution is -3.06. The van der Waals surface area contributed by atoms with Gasteiger partial charge in [-0.3, -0.25) is 4.79 Å². The van der Waals surface area contributed by atoms with Crippen molar-refractivity contribution in [3.8, 4) is 0 Å². The third-order valence-corrected chi connectivity index (χ3v) is 10.9. The summed E-state index contributed by atoms with van der Waals surface area (Å²) in [6.07, 6.45) is 0. The van der Waals surface area contributed by atoms with E-state index in [1.807, 2.05) is 6.07 Å². The fraction of sp³-hybridized carbons (Fsp3) is 0.476. The van der Waals surface area contributed by atoms with Crippen molar-refractivity contribution in [1.82, 2.24) is 4.72 Å². The average Bonchev–Trinajstić information content (AvgIpc) is 2.94. The molecule has 7 aliphatic rings. The number of carbonyl (C=O) groups excluding carboxylic acids is 1. The van der Waals surface area contributed by atoms with Crippen LogP contribution in [0.15, 0.2) is 35.2 Å². The standard InChI is InChI=1S/C21H18N2O3S/c1-23-10-5-6-11(8-3-2-4-9(12(8)10)20(23)24)27(25,26)22-7-21-17-14-13-15(17)19(21)16(13)18(14)21/h2-6,13-19,22H,7H2,1H3. The molecule has 0 bridgehead atoms. The fourth-order valence-corrected chi connectivity index (χ4v) is 9.97. The Morgan fingerprint density at radius 2 is 1.74 bits per heavy atom. The highest BCUT2D eigenvalue weighted by Crippen LogP contribution is 3.05. The minimum absolute atomic E-state index is 0.0779. The highest BCUT2D eigenvalue weighted by atomic mass is 32.2. The van der Waals surface area contributed by atoms with Crippen LogP contribution in [0.5, 0.6) is 0 Å². The summed E-state index contributed by atoms with van der Waals surface area (Å²) in [5.74, 6) is 6.28. The smallest absolute Gasteiger partial charge is 0.258 e. The van der Waals surface area contributed by atoms with Crippen LogP contribution in [0.1, 0.15) is 10.4 Å². The van der Waals surface area contributed by atoms with Gasteiger partial charge in [-0.25, -0.2) is 13.1 Å². The van der Waals surface area contributed by atoms with Crippen LogP contribution >= 0.6 is 0 Å². The number of benzene rings is 2. The molecule has 6 fully saturated rings. The number of rotatable bonds is 4. The van der Waals surface area contributed by atoms with Crippen molar-refractivity contribution in [3.63, 3.8) is 0 Å². The molecule has 6 saturated carbocycles. The van der Waals surface area contributed by atoms with Crippen molar-refractivity contribution in [3.05, 3.63) is 35.9 Å². The molecule has 0 radical (unpaired) electrons. The van der Waals surface area contributed by atoms with E-state index in [1.54, 1.807) is 36.2 Å². The quantitative estimate of drug-likeness (QED) is 0.886. The molecule has 0 atom stereocenters. The van der Waals surface area contributed by atoms with Crippen molar-refractivity contribution in [1.29, 1.82) is 0 Å². The molecule has 1 heterocycles. The Balaban J connectivity index is 1.19. The Labute approximate surface area is 156 Å². The molecule has 1 aliphatic heterocycles. The molecule has 1 N–H and O–H groups in total. The molecule has 6 aliphatic carbocycles. The second-order valence-corrected chi connectivity index (χ2v) is 11.2. The molecule has 0 aromatic heterocycles. The number of amides is 1. The number of anilines is 1. The van der Waals surface area contributed by atoms with Crippen molar-refractivity contribution in [2.45, 2.75) is 4.90 Å². The average molecular weight is 378 g/mol. The van der Waals surface area contributed by atoms with Crippen LogP contribution in [-0.2, 0) is 10.0 Å². The van der Waals surface area contributed by atoms with Gasteiger partial charge in [-0.2, -0.15) is 0 Å². The first-order valence-electron chi connectivity index (χ1n) is 9.82. The maximum absolute atomic E-state index is 13.2. The van der Waals surface area contributed by atoms with Gasteiger partial charge in [0.2, 0.25) is 10.0 Å². The minimum atomic E-state index is -3.60. The van der Waals surface area contributed by atoms with Gasteiger partial charge in [0, 0.05) is 29.9 Å². The monoisotopic (exact) mass is 378 g/mol. The van der Waals surface area contributed by atoms with Gasteiger partial charge in [0.1, 0.15) is 0 Å². The van der Waals surface area contributed by atoms with E-state index in [0.717, 1.165) is 52.5 Å². The first kappa shape index (κ1) is 14.1. The van der Waals surface area contributed by atoms with E-state index in [2.05, 4.69) is 4.72 Å². The van der Waals surface area contributed by atoms with Gasteiger partial charge >= 0.3 is 0 Å². The van der Waals surface area contributed by atoms with Gasteiger partial charge in [-0.1, -0.05) is 12.1 Å². The van der Waals surface area contributed by atoms with Gasteiger partial charge in [0.25, 0.3) is 5.91 Å². The van der Waals surface area contributed by atoms with E-state index in [-0.39, 0.29) is 5.91 Å². The summed E-state index contributed by atoms with van der Waals surface area (Å²) >= 11 is 0. The third-order valence-electron chi connectivity index (χ3n) is 9.42. The molecular weight excluding hydrogens is 360 g/mol. The molecule has 1 amide bonds. The fourth-order valence-electron chi connectivity index (χ4n) is 8.67. The molecule has 2 aromatic rings. The molecule has 0 spiro atoms. The minimum Gasteiger partial charge on any atom is -0.311 e. The maximum atomic E-state index is 13.2. The zero-order valence-electron chi connectivity index (χ0n) is 14.7. The molecule has 136 valence electrons. The van der Waals surface area contributed by atoms with Crippen LogP contribution in [0, 0.1) is 46.8 Å². The Bertz CT molecular complexity index is 1200. The summed E-state index contributed by atoms with van der Waals surface area (Å²) in [5, 5.41) is 1.40. The summed E-state index contributed by atoms with van der Waals surface area (Å²) < 4.78 is 29.3. The van der Waals surface area contributed by atoms with Gasteiger partial charge in [-0.05, 0) is 65.0 Å². The zero-order valence-corrected chi connectivity index (χ0v) is 15.5. The van der Waals surface area contributed by atoms with E-state index in [9.17, 15) is 13.2 Å². The van der Waals surface area contributed by atoms with Crippen molar-refractivity contribution in [2.24, 2.45) is 46.8 Å². The van der Waals surface area contributed by atoms with Gasteiger partial charge in [0.05, 0.1) is 10.6 Å². The number of nitrogens with zero attached hydrogens (tertiary/aromatic N) is 1. The number of hydrogen-bond donors (Lipinski definition) is 1. The van der Waals surface area contributed by atoms with E-state index in [1.165, 1.54) is 0 Å². The van der Waals surface area contributed by atoms with Crippen LogP contribution in [0.25, 0.3) is 10.8 Å². The Morgan fingerprint density at radius 3 is 2.44 bits per heavy atom. The number of sulfonamides is 1. The van der Waals surface area contributed by atoms with E-state index < -0.39 is 10.0 Å². The second kappa shape index (κ2) is 3.67.